The maximum atomic E-state index is 10.8. The van der Waals surface area contributed by atoms with Gasteiger partial charge in [-0.15, -0.1) is 0 Å². The molecule has 0 fully saturated rings. The van der Waals surface area contributed by atoms with Crippen molar-refractivity contribution in [2.24, 2.45) is 0 Å². The zero-order valence-corrected chi connectivity index (χ0v) is 30.1. The molecule has 0 spiro atoms. The van der Waals surface area contributed by atoms with Gasteiger partial charge in [0, 0.05) is 3.92 Å². The van der Waals surface area contributed by atoms with E-state index in [9.17, 15) is 9.59 Å². The lowest BCUT2D eigenvalue weighted by atomic mass is 10.2. The highest BCUT2D eigenvalue weighted by Gasteiger charge is 2.00. The van der Waals surface area contributed by atoms with Crippen LogP contribution in [0.1, 0.15) is 138 Å². The lowest BCUT2D eigenvalue weighted by molar-refractivity contribution is 0.0599. The van der Waals surface area contributed by atoms with Crippen molar-refractivity contribution in [2.75, 3.05) is 7.11 Å². The number of esters is 1. The second-order valence-electron chi connectivity index (χ2n) is 5.09. The lowest BCUT2D eigenvalue weighted by Gasteiger charge is -1.95. The first kappa shape index (κ1) is 56.2. The van der Waals surface area contributed by atoms with E-state index in [1.165, 1.54) is 19.6 Å². The Kier molecular flexibility index (Phi) is 95.7. The minimum Gasteiger partial charge on any atom is -0.477 e. The fraction of sp³-hybridized carbons (Fsp3) is 0.576. The Morgan fingerprint density at radius 3 is 1.34 bits per heavy atom. The van der Waals surface area contributed by atoms with Gasteiger partial charge >= 0.3 is 11.9 Å². The number of ether oxygens (including phenoxy) is 1. The van der Waals surface area contributed by atoms with Crippen LogP contribution in [0.2, 0.25) is 0 Å². The number of carbonyl (C=O) groups is 2. The molecule has 2 aromatic carbocycles. The fourth-order valence-electron chi connectivity index (χ4n) is 1.17. The molecular weight excluding hydrogens is 587 g/mol. The quantitative estimate of drug-likeness (QED) is 0.200. The van der Waals surface area contributed by atoms with Gasteiger partial charge in [0.1, 0.15) is 5.56 Å². The van der Waals surface area contributed by atoms with Gasteiger partial charge in [0.25, 0.3) is 0 Å². The Bertz CT molecular complexity index is 584. The zero-order chi connectivity index (χ0) is 32.4. The van der Waals surface area contributed by atoms with Gasteiger partial charge in [-0.05, 0) is 24.3 Å². The van der Waals surface area contributed by atoms with E-state index < -0.39 is 5.97 Å². The number of hydrogen-bond acceptors (Lipinski definition) is 3. The molecule has 0 aliphatic rings. The summed E-state index contributed by atoms with van der Waals surface area (Å²) in [4.78, 5) is 20.9. The molecule has 0 unspecified atom stereocenters. The number of methoxy groups -OCH3 is 1. The second-order valence-corrected chi connectivity index (χ2v) is 7.58. The maximum Gasteiger partial charge on any atom is 0.344 e. The molecule has 0 saturated carbocycles. The van der Waals surface area contributed by atoms with Crippen LogP contribution < -0.4 is 0 Å². The molecular formula is C33H63IO4. The van der Waals surface area contributed by atoms with E-state index >= 15 is 0 Å². The van der Waals surface area contributed by atoms with Gasteiger partial charge in [-0.1, -0.05) is 176 Å². The molecule has 0 bridgehead atoms. The first-order valence-electron chi connectivity index (χ1n) is 14.2. The van der Waals surface area contributed by atoms with Crippen LogP contribution >= 0.6 is 22.6 Å². The largest absolute Gasteiger partial charge is 0.477 e. The molecule has 38 heavy (non-hydrogen) atoms. The summed E-state index contributed by atoms with van der Waals surface area (Å²) in [5, 5.41) is 8.33. The van der Waals surface area contributed by atoms with Crippen LogP contribution in [0.15, 0.2) is 48.5 Å². The number of alkyl halides is 1. The third kappa shape index (κ3) is 64.3. The van der Waals surface area contributed by atoms with Gasteiger partial charge in [-0.3, -0.25) is 0 Å². The molecule has 0 radical (unpaired) electrons. The fourth-order valence-corrected chi connectivity index (χ4v) is 1.17. The van der Waals surface area contributed by atoms with Gasteiger partial charge in [0.15, 0.2) is 0 Å². The monoisotopic (exact) mass is 650 g/mol. The predicted octanol–water partition coefficient (Wildman–Crippen LogP) is 11.9. The molecule has 4 nitrogen and oxygen atoms in total. The number of benzene rings is 1. The third-order valence-electron chi connectivity index (χ3n) is 2.07. The molecule has 0 heterocycles. The first-order chi connectivity index (χ1) is 18.3. The highest BCUT2D eigenvalue weighted by molar-refractivity contribution is 14.1. The lowest BCUT2D eigenvalue weighted by Crippen LogP contribution is -1.99. The molecule has 0 aliphatic carbocycles. The van der Waals surface area contributed by atoms with Crippen molar-refractivity contribution < 1.29 is 19.4 Å². The van der Waals surface area contributed by atoms with Gasteiger partial charge in [0.2, 0.25) is 0 Å². The van der Waals surface area contributed by atoms with E-state index in [1.54, 1.807) is 36.4 Å². The van der Waals surface area contributed by atoms with Crippen LogP contribution in [0, 0.1) is 12.1 Å². The summed E-state index contributed by atoms with van der Waals surface area (Å²) in [6, 6.07) is 18.5. The zero-order valence-electron chi connectivity index (χ0n) is 28.0. The minimum absolute atomic E-state index is 0.150. The molecule has 2 rings (SSSR count). The standard InChI is InChI=1S/C8H8O2.C7H4O2.C3H7I.C3H8.6C2H6/c1-10-8(9)7-5-3-2-4-6-7;8-7(9)6-4-2-1-3-5-6;1-3(2)4;1-3-2;6*1-2/h2-6H,1H3;1-2,4H,(H,8,9);3H,1-2H3;3H2,1-2H3;6*1-2H3. The maximum absolute atomic E-state index is 10.8. The number of carbonyl (C=O) groups excluding carboxylic acids is 1. The Labute approximate surface area is 253 Å². The predicted molar refractivity (Wildman–Crippen MR) is 182 cm³/mol. The summed E-state index contributed by atoms with van der Waals surface area (Å²) in [5.74, 6) is -1.26. The van der Waals surface area contributed by atoms with E-state index in [4.69, 9.17) is 5.11 Å². The Morgan fingerprint density at radius 1 is 0.789 bits per heavy atom. The highest BCUT2D eigenvalue weighted by Crippen LogP contribution is 1.98. The van der Waals surface area contributed by atoms with Crippen LogP contribution in [-0.4, -0.2) is 28.1 Å². The average molecular weight is 651 g/mol. The molecule has 2 aromatic rings. The molecule has 0 atom stereocenters. The van der Waals surface area contributed by atoms with Crippen molar-refractivity contribution in [3.05, 3.63) is 71.8 Å². The Balaban J connectivity index is -0.0000000490. The van der Waals surface area contributed by atoms with E-state index in [1.807, 2.05) is 89.2 Å². The summed E-state index contributed by atoms with van der Waals surface area (Å²) in [5.41, 5.74) is 0.738. The summed E-state index contributed by atoms with van der Waals surface area (Å²) < 4.78 is 5.30. The van der Waals surface area contributed by atoms with Crippen LogP contribution in [0.4, 0.5) is 0 Å². The van der Waals surface area contributed by atoms with E-state index in [0.29, 0.717) is 5.56 Å². The van der Waals surface area contributed by atoms with Crippen LogP contribution in [0.25, 0.3) is 0 Å². The first-order valence-corrected chi connectivity index (χ1v) is 15.4. The number of halogens is 1. The number of carboxylic acids is 1. The number of carboxylic acid groups (broad SMARTS) is 1. The van der Waals surface area contributed by atoms with Crippen LogP contribution in [0.3, 0.4) is 0 Å². The molecule has 226 valence electrons. The topological polar surface area (TPSA) is 63.6 Å². The van der Waals surface area contributed by atoms with Gasteiger partial charge < -0.3 is 9.84 Å². The van der Waals surface area contributed by atoms with E-state index in [2.05, 4.69) is 67.2 Å². The van der Waals surface area contributed by atoms with Gasteiger partial charge in [-0.2, -0.15) is 0 Å². The summed E-state index contributed by atoms with van der Waals surface area (Å²) >= 11 is 2.34. The molecule has 0 saturated heterocycles. The van der Waals surface area contributed by atoms with Crippen molar-refractivity contribution in [2.45, 2.75) is 121 Å². The summed E-state index contributed by atoms with van der Waals surface area (Å²) in [7, 11) is 1.37. The van der Waals surface area contributed by atoms with E-state index in [0.717, 1.165) is 3.92 Å². The highest BCUT2D eigenvalue weighted by atomic mass is 127. The van der Waals surface area contributed by atoms with Crippen LogP contribution in [0.5, 0.6) is 0 Å². The van der Waals surface area contributed by atoms with Crippen molar-refractivity contribution in [3.63, 3.8) is 0 Å². The molecule has 5 heteroatoms. The average Bonchev–Trinajstić information content (AvgIpc) is 3.00. The van der Waals surface area contributed by atoms with Gasteiger partial charge in [0.05, 0.1) is 12.7 Å². The second kappa shape index (κ2) is 64.7. The van der Waals surface area contributed by atoms with Crippen molar-refractivity contribution in [3.8, 4) is 0 Å². The number of aromatic carboxylic acids is 1. The molecule has 0 aromatic heterocycles. The molecule has 0 aliphatic heterocycles. The van der Waals surface area contributed by atoms with Crippen molar-refractivity contribution in [1.82, 2.24) is 0 Å². The normalized spacial score (nSPS) is 6.61. The summed E-state index contributed by atoms with van der Waals surface area (Å²) in [6.07, 6.45) is 1.25. The third-order valence-corrected chi connectivity index (χ3v) is 2.07. The van der Waals surface area contributed by atoms with Crippen molar-refractivity contribution >= 4 is 34.5 Å². The number of hydrogen-bond donors (Lipinski definition) is 1. The minimum atomic E-state index is -0.966. The SMILES string of the molecule is CC.CC.CC.CC.CC.CC.CC(C)I.CCC.COC(=O)c1ccccc1.O=C(O)c1c#cccc1. The number of rotatable bonds is 2. The molecule has 0 amide bonds. The van der Waals surface area contributed by atoms with Crippen LogP contribution in [-0.2, 0) is 4.74 Å². The Hall–Kier alpha value is -2.07. The molecule has 1 N–H and O–H groups in total. The summed E-state index contributed by atoms with van der Waals surface area (Å²) in [6.45, 7) is 32.6. The van der Waals surface area contributed by atoms with Crippen molar-refractivity contribution in [1.29, 1.82) is 0 Å². The van der Waals surface area contributed by atoms with E-state index in [-0.39, 0.29) is 11.5 Å². The van der Waals surface area contributed by atoms with Gasteiger partial charge in [-0.25, -0.2) is 9.59 Å². The smallest absolute Gasteiger partial charge is 0.344 e. The Morgan fingerprint density at radius 2 is 1.13 bits per heavy atom.